The van der Waals surface area contributed by atoms with Crippen LogP contribution in [0, 0.1) is 5.41 Å². The van der Waals surface area contributed by atoms with E-state index in [9.17, 15) is 15.0 Å². The van der Waals surface area contributed by atoms with Gasteiger partial charge in [0.05, 0.1) is 12.2 Å². The van der Waals surface area contributed by atoms with Crippen molar-refractivity contribution in [2.24, 2.45) is 5.41 Å². The molecule has 19 heavy (non-hydrogen) atoms. The molecular formula is C14H18BrNO3. The first-order chi connectivity index (χ1) is 9.06. The minimum absolute atomic E-state index is 0.0944. The molecule has 0 saturated heterocycles. The fourth-order valence-corrected chi connectivity index (χ4v) is 3.01. The van der Waals surface area contributed by atoms with Gasteiger partial charge in [0.15, 0.2) is 0 Å². The number of halogens is 1. The van der Waals surface area contributed by atoms with E-state index in [-0.39, 0.29) is 17.6 Å². The van der Waals surface area contributed by atoms with Gasteiger partial charge in [-0.25, -0.2) is 4.79 Å². The maximum absolute atomic E-state index is 11.2. The highest BCUT2D eigenvalue weighted by atomic mass is 79.9. The minimum atomic E-state index is -0.951. The van der Waals surface area contributed by atoms with Gasteiger partial charge in [0.25, 0.3) is 0 Å². The van der Waals surface area contributed by atoms with Gasteiger partial charge < -0.3 is 15.5 Å². The number of aromatic carboxylic acids is 1. The zero-order valence-electron chi connectivity index (χ0n) is 10.7. The number of rotatable bonds is 5. The highest BCUT2D eigenvalue weighted by molar-refractivity contribution is 9.10. The minimum Gasteiger partial charge on any atom is -0.478 e. The second kappa shape index (κ2) is 5.92. The molecule has 1 aliphatic rings. The summed E-state index contributed by atoms with van der Waals surface area (Å²) in [5, 5.41) is 21.9. The molecule has 1 aromatic carbocycles. The Morgan fingerprint density at radius 1 is 1.37 bits per heavy atom. The topological polar surface area (TPSA) is 69.6 Å². The molecule has 0 unspecified atom stereocenters. The number of hydrogen-bond acceptors (Lipinski definition) is 3. The average molecular weight is 328 g/mol. The van der Waals surface area contributed by atoms with Gasteiger partial charge in [0.2, 0.25) is 0 Å². The fraction of sp³-hybridized carbons (Fsp3) is 0.500. The molecule has 0 atom stereocenters. The van der Waals surface area contributed by atoms with Crippen molar-refractivity contribution in [2.45, 2.75) is 25.7 Å². The molecule has 1 saturated carbocycles. The highest BCUT2D eigenvalue weighted by Crippen LogP contribution is 2.38. The Hall–Kier alpha value is -1.07. The van der Waals surface area contributed by atoms with Crippen molar-refractivity contribution in [3.8, 4) is 0 Å². The summed E-state index contributed by atoms with van der Waals surface area (Å²) in [6.07, 6.45) is 4.26. The Morgan fingerprint density at radius 3 is 2.63 bits per heavy atom. The van der Waals surface area contributed by atoms with Crippen LogP contribution in [0.5, 0.6) is 0 Å². The number of benzene rings is 1. The highest BCUT2D eigenvalue weighted by Gasteiger charge is 2.33. The third-order valence-electron chi connectivity index (χ3n) is 3.87. The van der Waals surface area contributed by atoms with Gasteiger partial charge in [0, 0.05) is 22.1 Å². The summed E-state index contributed by atoms with van der Waals surface area (Å²) >= 11 is 3.28. The monoisotopic (exact) mass is 327 g/mol. The molecule has 0 bridgehead atoms. The van der Waals surface area contributed by atoms with Gasteiger partial charge in [-0.2, -0.15) is 0 Å². The largest absolute Gasteiger partial charge is 0.478 e. The van der Waals surface area contributed by atoms with Crippen molar-refractivity contribution >= 4 is 27.6 Å². The normalized spacial score (nSPS) is 17.4. The molecule has 0 amide bonds. The molecule has 4 nitrogen and oxygen atoms in total. The lowest BCUT2D eigenvalue weighted by atomic mass is 9.87. The molecule has 0 aromatic heterocycles. The zero-order valence-corrected chi connectivity index (χ0v) is 12.2. The Bertz CT molecular complexity index is 470. The van der Waals surface area contributed by atoms with Gasteiger partial charge >= 0.3 is 5.97 Å². The van der Waals surface area contributed by atoms with Gasteiger partial charge in [-0.15, -0.1) is 0 Å². The Kier molecular flexibility index (Phi) is 4.47. The molecule has 0 spiro atoms. The molecule has 2 rings (SSSR count). The van der Waals surface area contributed by atoms with Crippen LogP contribution in [0.2, 0.25) is 0 Å². The third-order valence-corrected chi connectivity index (χ3v) is 4.36. The Balaban J connectivity index is 2.13. The van der Waals surface area contributed by atoms with Crippen molar-refractivity contribution in [1.82, 2.24) is 0 Å². The summed E-state index contributed by atoms with van der Waals surface area (Å²) in [7, 11) is 0. The summed E-state index contributed by atoms with van der Waals surface area (Å²) < 4.78 is 0.744. The molecule has 0 aliphatic heterocycles. The number of anilines is 1. The molecule has 1 aliphatic carbocycles. The SMILES string of the molecule is O=C(O)c1cc(Br)ccc1NCC1(CO)CCCC1. The number of aliphatic hydroxyl groups excluding tert-OH is 1. The maximum atomic E-state index is 11.2. The molecule has 3 N–H and O–H groups in total. The molecule has 0 radical (unpaired) electrons. The lowest BCUT2D eigenvalue weighted by Crippen LogP contribution is -2.31. The van der Waals surface area contributed by atoms with Crippen molar-refractivity contribution < 1.29 is 15.0 Å². The lowest BCUT2D eigenvalue weighted by Gasteiger charge is -2.27. The van der Waals surface area contributed by atoms with Crippen LogP contribution in [0.4, 0.5) is 5.69 Å². The van der Waals surface area contributed by atoms with E-state index in [1.165, 1.54) is 0 Å². The molecule has 5 heteroatoms. The average Bonchev–Trinajstić information content (AvgIpc) is 2.86. The second-order valence-corrected chi connectivity index (χ2v) is 6.13. The van der Waals surface area contributed by atoms with Gasteiger partial charge in [-0.05, 0) is 31.0 Å². The zero-order chi connectivity index (χ0) is 13.9. The van der Waals surface area contributed by atoms with Crippen LogP contribution in [-0.2, 0) is 0 Å². The smallest absolute Gasteiger partial charge is 0.337 e. The number of carboxylic acid groups (broad SMARTS) is 1. The van der Waals surface area contributed by atoms with E-state index < -0.39 is 5.97 Å². The van der Waals surface area contributed by atoms with E-state index >= 15 is 0 Å². The summed E-state index contributed by atoms with van der Waals surface area (Å²) in [6.45, 7) is 0.768. The summed E-state index contributed by atoms with van der Waals surface area (Å²) in [5.74, 6) is -0.951. The first kappa shape index (κ1) is 14.3. The van der Waals surface area contributed by atoms with E-state index in [4.69, 9.17) is 0 Å². The van der Waals surface area contributed by atoms with Crippen LogP contribution in [0.3, 0.4) is 0 Å². The van der Waals surface area contributed by atoms with Crippen LogP contribution in [-0.4, -0.2) is 29.3 Å². The number of aliphatic hydroxyl groups is 1. The van der Waals surface area contributed by atoms with E-state index in [2.05, 4.69) is 21.2 Å². The van der Waals surface area contributed by atoms with E-state index in [1.54, 1.807) is 12.1 Å². The van der Waals surface area contributed by atoms with Gasteiger partial charge in [-0.3, -0.25) is 0 Å². The van der Waals surface area contributed by atoms with E-state index in [0.29, 0.717) is 12.2 Å². The number of carboxylic acids is 1. The van der Waals surface area contributed by atoms with Gasteiger partial charge in [-0.1, -0.05) is 28.8 Å². The Labute approximate surface area is 121 Å². The number of carbonyl (C=O) groups is 1. The molecular weight excluding hydrogens is 310 g/mol. The maximum Gasteiger partial charge on any atom is 0.337 e. The fourth-order valence-electron chi connectivity index (χ4n) is 2.65. The van der Waals surface area contributed by atoms with Crippen molar-refractivity contribution in [3.63, 3.8) is 0 Å². The predicted molar refractivity (Wildman–Crippen MR) is 77.6 cm³/mol. The molecule has 1 aromatic rings. The van der Waals surface area contributed by atoms with Crippen LogP contribution >= 0.6 is 15.9 Å². The first-order valence-electron chi connectivity index (χ1n) is 6.44. The number of nitrogens with one attached hydrogen (secondary N) is 1. The van der Waals surface area contributed by atoms with Crippen LogP contribution in [0.15, 0.2) is 22.7 Å². The number of hydrogen-bond donors (Lipinski definition) is 3. The standard InChI is InChI=1S/C14H18BrNO3/c15-10-3-4-12(11(7-10)13(18)19)16-8-14(9-17)5-1-2-6-14/h3-4,7,16-17H,1-2,5-6,8-9H2,(H,18,19). The summed E-state index contributed by atoms with van der Waals surface area (Å²) in [4.78, 5) is 11.2. The van der Waals surface area contributed by atoms with Crippen LogP contribution < -0.4 is 5.32 Å². The van der Waals surface area contributed by atoms with Crippen molar-refractivity contribution in [2.75, 3.05) is 18.5 Å². The van der Waals surface area contributed by atoms with E-state index in [0.717, 1.165) is 30.2 Å². The lowest BCUT2D eigenvalue weighted by molar-refractivity contribution is 0.0697. The van der Waals surface area contributed by atoms with Gasteiger partial charge in [0.1, 0.15) is 0 Å². The van der Waals surface area contributed by atoms with E-state index in [1.807, 2.05) is 6.07 Å². The Morgan fingerprint density at radius 2 is 2.05 bits per heavy atom. The second-order valence-electron chi connectivity index (χ2n) is 5.21. The molecule has 0 heterocycles. The third kappa shape index (κ3) is 3.28. The summed E-state index contributed by atoms with van der Waals surface area (Å²) in [5.41, 5.74) is 0.763. The van der Waals surface area contributed by atoms with Crippen LogP contribution in [0.1, 0.15) is 36.0 Å². The van der Waals surface area contributed by atoms with Crippen molar-refractivity contribution in [1.29, 1.82) is 0 Å². The van der Waals surface area contributed by atoms with Crippen molar-refractivity contribution in [3.05, 3.63) is 28.2 Å². The first-order valence-corrected chi connectivity index (χ1v) is 7.23. The predicted octanol–water partition coefficient (Wildman–Crippen LogP) is 3.11. The van der Waals surface area contributed by atoms with Crippen LogP contribution in [0.25, 0.3) is 0 Å². The quantitative estimate of drug-likeness (QED) is 0.777. The molecule has 1 fully saturated rings. The molecule has 104 valence electrons. The summed E-state index contributed by atoms with van der Waals surface area (Å²) in [6, 6.07) is 5.16.